The van der Waals surface area contributed by atoms with E-state index in [9.17, 15) is 4.21 Å². The third-order valence-electron chi connectivity index (χ3n) is 2.15. The summed E-state index contributed by atoms with van der Waals surface area (Å²) in [5, 5.41) is 3.76. The van der Waals surface area contributed by atoms with Gasteiger partial charge in [-0.3, -0.25) is 4.21 Å². The van der Waals surface area contributed by atoms with Crippen LogP contribution in [-0.2, 0) is 10.8 Å². The molecule has 1 fully saturated rings. The molecule has 0 radical (unpaired) electrons. The highest BCUT2D eigenvalue weighted by Gasteiger charge is 2.22. The van der Waals surface area contributed by atoms with E-state index in [4.69, 9.17) is 0 Å². The molecule has 3 atom stereocenters. The van der Waals surface area contributed by atoms with Crippen molar-refractivity contribution in [3.05, 3.63) is 0 Å². The molecule has 11 heavy (non-hydrogen) atoms. The first-order valence-electron chi connectivity index (χ1n) is 4.34. The van der Waals surface area contributed by atoms with Gasteiger partial charge in [0.15, 0.2) is 0 Å². The summed E-state index contributed by atoms with van der Waals surface area (Å²) in [5.74, 6) is 0.856. The lowest BCUT2D eigenvalue weighted by Crippen LogP contribution is -2.46. The summed E-state index contributed by atoms with van der Waals surface area (Å²) in [6.45, 7) is 5.14. The average molecular weight is 175 g/mol. The van der Waals surface area contributed by atoms with Gasteiger partial charge in [-0.1, -0.05) is 13.3 Å². The van der Waals surface area contributed by atoms with E-state index < -0.39 is 10.8 Å². The molecule has 0 aromatic carbocycles. The van der Waals surface area contributed by atoms with Crippen molar-refractivity contribution >= 4 is 10.8 Å². The molecule has 0 aromatic rings. The lowest BCUT2D eigenvalue weighted by Gasteiger charge is -2.26. The molecule has 1 aliphatic rings. The molecule has 1 saturated heterocycles. The summed E-state index contributed by atoms with van der Waals surface area (Å²) < 4.78 is 11.4. The Bertz CT molecular complexity index is 149. The van der Waals surface area contributed by atoms with Gasteiger partial charge in [0.2, 0.25) is 0 Å². The van der Waals surface area contributed by atoms with Crippen LogP contribution in [0.3, 0.4) is 0 Å². The Hall–Kier alpha value is 0.110. The van der Waals surface area contributed by atoms with Gasteiger partial charge in [0.05, 0.1) is 0 Å². The van der Waals surface area contributed by atoms with Crippen LogP contribution in [0.5, 0.6) is 0 Å². The highest BCUT2D eigenvalue weighted by molar-refractivity contribution is 7.85. The second-order valence-corrected chi connectivity index (χ2v) is 5.15. The third-order valence-corrected chi connectivity index (χ3v) is 3.94. The molecule has 0 spiro atoms. The van der Waals surface area contributed by atoms with Gasteiger partial charge in [0.25, 0.3) is 0 Å². The molecule has 0 aliphatic carbocycles. The van der Waals surface area contributed by atoms with Gasteiger partial charge in [-0.15, -0.1) is 0 Å². The van der Waals surface area contributed by atoms with Gasteiger partial charge in [0.1, 0.15) is 0 Å². The summed E-state index contributed by atoms with van der Waals surface area (Å²) in [6, 6.07) is 0.511. The van der Waals surface area contributed by atoms with Crippen molar-refractivity contribution in [3.63, 3.8) is 0 Å². The largest absolute Gasteiger partial charge is 0.312 e. The van der Waals surface area contributed by atoms with E-state index >= 15 is 0 Å². The predicted octanol–water partition coefficient (Wildman–Crippen LogP) is 0.895. The zero-order valence-corrected chi connectivity index (χ0v) is 8.12. The Labute approximate surface area is 71.2 Å². The fourth-order valence-corrected chi connectivity index (χ4v) is 2.67. The van der Waals surface area contributed by atoms with E-state index in [0.717, 1.165) is 12.3 Å². The van der Waals surface area contributed by atoms with Crippen molar-refractivity contribution in [2.24, 2.45) is 0 Å². The topological polar surface area (TPSA) is 29.1 Å². The summed E-state index contributed by atoms with van der Waals surface area (Å²) >= 11 is 0. The van der Waals surface area contributed by atoms with Crippen molar-refractivity contribution in [1.82, 2.24) is 5.32 Å². The predicted molar refractivity (Wildman–Crippen MR) is 49.2 cm³/mol. The highest BCUT2D eigenvalue weighted by Crippen LogP contribution is 2.08. The molecule has 2 nitrogen and oxygen atoms in total. The van der Waals surface area contributed by atoms with E-state index in [1.807, 2.05) is 6.92 Å². The van der Waals surface area contributed by atoms with E-state index in [1.165, 1.54) is 12.8 Å². The molecule has 3 heteroatoms. The van der Waals surface area contributed by atoms with Gasteiger partial charge in [0, 0.05) is 34.4 Å². The summed E-state index contributed by atoms with van der Waals surface area (Å²) in [4.78, 5) is 0. The molecule has 3 unspecified atom stereocenters. The van der Waals surface area contributed by atoms with Crippen LogP contribution in [-0.4, -0.2) is 27.8 Å². The molecule has 1 aliphatic heterocycles. The number of rotatable bonds is 2. The molecule has 66 valence electrons. The van der Waals surface area contributed by atoms with Gasteiger partial charge in [-0.2, -0.15) is 0 Å². The maximum absolute atomic E-state index is 11.4. The van der Waals surface area contributed by atoms with Crippen LogP contribution in [0.2, 0.25) is 0 Å². The van der Waals surface area contributed by atoms with E-state index in [2.05, 4.69) is 12.2 Å². The van der Waals surface area contributed by atoms with Gasteiger partial charge in [-0.25, -0.2) is 0 Å². The van der Waals surface area contributed by atoms with Crippen LogP contribution < -0.4 is 5.32 Å². The van der Waals surface area contributed by atoms with Crippen molar-refractivity contribution in [2.45, 2.75) is 38.0 Å². The fourth-order valence-electron chi connectivity index (χ4n) is 1.38. The molecular formula is C8H17NOS. The first-order valence-corrected chi connectivity index (χ1v) is 5.72. The molecule has 1 rings (SSSR count). The molecule has 1 N–H and O–H groups in total. The second kappa shape index (κ2) is 4.21. The maximum atomic E-state index is 11.4. The lowest BCUT2D eigenvalue weighted by atomic mass is 10.2. The molecular weight excluding hydrogens is 158 g/mol. The summed E-state index contributed by atoms with van der Waals surface area (Å²) in [7, 11) is -0.579. The first-order chi connectivity index (χ1) is 5.24. The minimum atomic E-state index is -0.579. The average Bonchev–Trinajstić information content (AvgIpc) is 1.98. The van der Waals surface area contributed by atoms with E-state index in [-0.39, 0.29) is 0 Å². The van der Waals surface area contributed by atoms with Crippen LogP contribution in [0.4, 0.5) is 0 Å². The van der Waals surface area contributed by atoms with Crippen LogP contribution in [0.25, 0.3) is 0 Å². The standard InChI is InChI=1S/C8H17NOS/c1-3-4-8-6-11(10)7(2)5-9-8/h7-9H,3-6H2,1-2H3. The number of nitrogens with one attached hydrogen (secondary N) is 1. The van der Waals surface area contributed by atoms with Crippen molar-refractivity contribution in [1.29, 1.82) is 0 Å². The van der Waals surface area contributed by atoms with Crippen LogP contribution in [0.1, 0.15) is 26.7 Å². The normalized spacial score (nSPS) is 38.9. The maximum Gasteiger partial charge on any atom is 0.0445 e. The van der Waals surface area contributed by atoms with Crippen molar-refractivity contribution in [3.8, 4) is 0 Å². The van der Waals surface area contributed by atoms with Gasteiger partial charge >= 0.3 is 0 Å². The van der Waals surface area contributed by atoms with E-state index in [1.54, 1.807) is 0 Å². The first kappa shape index (κ1) is 9.20. The minimum Gasteiger partial charge on any atom is -0.312 e. The Morgan fingerprint density at radius 1 is 1.64 bits per heavy atom. The lowest BCUT2D eigenvalue weighted by molar-refractivity contribution is 0.490. The molecule has 0 saturated carbocycles. The summed E-state index contributed by atoms with van der Waals surface area (Å²) in [5.41, 5.74) is 0. The zero-order valence-electron chi connectivity index (χ0n) is 7.30. The quantitative estimate of drug-likeness (QED) is 0.675. The third kappa shape index (κ3) is 2.56. The zero-order chi connectivity index (χ0) is 8.27. The monoisotopic (exact) mass is 175 g/mol. The van der Waals surface area contributed by atoms with Crippen molar-refractivity contribution in [2.75, 3.05) is 12.3 Å². The van der Waals surface area contributed by atoms with Crippen LogP contribution in [0, 0.1) is 0 Å². The Kier molecular flexibility index (Phi) is 3.52. The summed E-state index contributed by atoms with van der Waals surface area (Å²) in [6.07, 6.45) is 2.35. The minimum absolute atomic E-state index is 0.350. The van der Waals surface area contributed by atoms with Gasteiger partial charge in [-0.05, 0) is 13.3 Å². The SMILES string of the molecule is CCCC1CS(=O)C(C)CN1. The Morgan fingerprint density at radius 2 is 2.36 bits per heavy atom. The smallest absolute Gasteiger partial charge is 0.0445 e. The molecule has 1 heterocycles. The molecule has 0 aromatic heterocycles. The van der Waals surface area contributed by atoms with Gasteiger partial charge < -0.3 is 5.32 Å². The number of hydrogen-bond donors (Lipinski definition) is 1. The van der Waals surface area contributed by atoms with Crippen molar-refractivity contribution < 1.29 is 4.21 Å². The fraction of sp³-hybridized carbons (Fsp3) is 1.00. The van der Waals surface area contributed by atoms with Crippen LogP contribution in [0.15, 0.2) is 0 Å². The Balaban J connectivity index is 2.34. The Morgan fingerprint density at radius 3 is 2.91 bits per heavy atom. The molecule has 0 amide bonds. The van der Waals surface area contributed by atoms with E-state index in [0.29, 0.717) is 11.3 Å². The molecule has 0 bridgehead atoms. The van der Waals surface area contributed by atoms with Crippen LogP contribution >= 0.6 is 0 Å². The number of hydrogen-bond acceptors (Lipinski definition) is 2. The second-order valence-electron chi connectivity index (χ2n) is 3.25. The highest BCUT2D eigenvalue weighted by atomic mass is 32.2.